The average Bonchev–Trinajstić information content (AvgIpc) is 3.09. The van der Waals surface area contributed by atoms with Gasteiger partial charge in [0.2, 0.25) is 10.0 Å². The summed E-state index contributed by atoms with van der Waals surface area (Å²) in [5.74, 6) is -0.154. The lowest BCUT2D eigenvalue weighted by Gasteiger charge is -2.34. The van der Waals surface area contributed by atoms with Crippen molar-refractivity contribution in [2.45, 2.75) is 49.8 Å². The van der Waals surface area contributed by atoms with E-state index in [0.717, 1.165) is 12.8 Å². The Morgan fingerprint density at radius 1 is 1.26 bits per heavy atom. The summed E-state index contributed by atoms with van der Waals surface area (Å²) in [4.78, 5) is 14.7. The van der Waals surface area contributed by atoms with Crippen LogP contribution >= 0.6 is 12.4 Å². The number of nitrogens with two attached hydrogens (primary N) is 1. The maximum Gasteiger partial charge on any atom is 0.254 e. The lowest BCUT2D eigenvalue weighted by molar-refractivity contribution is -0.0440. The van der Waals surface area contributed by atoms with Gasteiger partial charge in [-0.3, -0.25) is 4.79 Å². The molecule has 0 aromatic heterocycles. The minimum absolute atomic E-state index is 0. The highest BCUT2D eigenvalue weighted by atomic mass is 35.5. The van der Waals surface area contributed by atoms with Crippen molar-refractivity contribution in [2.75, 3.05) is 26.2 Å². The van der Waals surface area contributed by atoms with E-state index in [2.05, 4.69) is 0 Å². The van der Waals surface area contributed by atoms with Crippen molar-refractivity contribution < 1.29 is 17.9 Å². The highest BCUT2D eigenvalue weighted by Crippen LogP contribution is 2.24. The maximum absolute atomic E-state index is 13.0. The Labute approximate surface area is 167 Å². The molecular weight excluding hydrogens is 390 g/mol. The molecule has 2 saturated heterocycles. The largest absolute Gasteiger partial charge is 0.373 e. The van der Waals surface area contributed by atoms with Gasteiger partial charge in [0.25, 0.3) is 5.91 Å². The Kier molecular flexibility index (Phi) is 7.27. The summed E-state index contributed by atoms with van der Waals surface area (Å²) in [7, 11) is -3.67. The normalized spacial score (nSPS) is 26.6. The number of likely N-dealkylation sites (tertiary alicyclic amines) is 1. The molecule has 3 atom stereocenters. The summed E-state index contributed by atoms with van der Waals surface area (Å²) in [6, 6.07) is 6.35. The van der Waals surface area contributed by atoms with Crippen LogP contribution in [0, 0.1) is 0 Å². The number of halogens is 1. The van der Waals surface area contributed by atoms with Crippen LogP contribution in [0.3, 0.4) is 0 Å². The molecular formula is C18H28ClN3O4S. The fraction of sp³-hybridized carbons (Fsp3) is 0.611. The van der Waals surface area contributed by atoms with Gasteiger partial charge in [0, 0.05) is 37.8 Å². The molecule has 3 unspecified atom stereocenters. The second kappa shape index (κ2) is 8.87. The van der Waals surface area contributed by atoms with Crippen LogP contribution in [-0.2, 0) is 14.8 Å². The Morgan fingerprint density at radius 3 is 2.56 bits per heavy atom. The molecule has 152 valence electrons. The van der Waals surface area contributed by atoms with E-state index in [1.807, 2.05) is 13.8 Å². The van der Waals surface area contributed by atoms with Crippen molar-refractivity contribution in [1.82, 2.24) is 9.21 Å². The van der Waals surface area contributed by atoms with Crippen LogP contribution in [0.5, 0.6) is 0 Å². The highest BCUT2D eigenvalue weighted by molar-refractivity contribution is 7.89. The van der Waals surface area contributed by atoms with Gasteiger partial charge in [-0.1, -0.05) is 6.07 Å². The zero-order valence-corrected chi connectivity index (χ0v) is 17.3. The van der Waals surface area contributed by atoms with Crippen molar-refractivity contribution in [3.63, 3.8) is 0 Å². The lowest BCUT2D eigenvalue weighted by Crippen LogP contribution is -2.48. The fourth-order valence-corrected chi connectivity index (χ4v) is 5.42. The number of morpholine rings is 1. The van der Waals surface area contributed by atoms with Gasteiger partial charge < -0.3 is 15.4 Å². The van der Waals surface area contributed by atoms with E-state index in [1.54, 1.807) is 23.1 Å². The average molecular weight is 418 g/mol. The van der Waals surface area contributed by atoms with E-state index >= 15 is 0 Å². The number of rotatable bonds is 4. The first-order valence-electron chi connectivity index (χ1n) is 9.09. The number of benzene rings is 1. The Balaban J connectivity index is 0.00000261. The van der Waals surface area contributed by atoms with Crippen LogP contribution in [0.1, 0.15) is 37.0 Å². The quantitative estimate of drug-likeness (QED) is 0.800. The first kappa shape index (κ1) is 22.1. The van der Waals surface area contributed by atoms with Gasteiger partial charge in [-0.15, -0.1) is 12.4 Å². The van der Waals surface area contributed by atoms with Gasteiger partial charge in [0.1, 0.15) is 0 Å². The molecule has 1 aromatic carbocycles. The number of hydrogen-bond donors (Lipinski definition) is 1. The monoisotopic (exact) mass is 417 g/mol. The van der Waals surface area contributed by atoms with Gasteiger partial charge >= 0.3 is 0 Å². The molecule has 0 saturated carbocycles. The molecule has 2 aliphatic heterocycles. The standard InChI is InChI=1S/C18H27N3O4S.ClH/c1-13-11-20(12-14(2)25-13)26(23,24)17-7-3-5-15(9-17)18(22)21-8-4-6-16(21)10-19;/h3,5,7,9,13-14,16H,4,6,8,10-12,19H2,1-2H3;1H. The number of hydrogen-bond acceptors (Lipinski definition) is 5. The summed E-state index contributed by atoms with van der Waals surface area (Å²) in [5, 5.41) is 0. The number of nitrogens with zero attached hydrogens (tertiary/aromatic N) is 2. The lowest BCUT2D eigenvalue weighted by atomic mass is 10.1. The summed E-state index contributed by atoms with van der Waals surface area (Å²) in [5.41, 5.74) is 6.14. The molecule has 0 aliphatic carbocycles. The van der Waals surface area contributed by atoms with Crippen molar-refractivity contribution in [2.24, 2.45) is 5.73 Å². The van der Waals surface area contributed by atoms with E-state index in [1.165, 1.54) is 10.4 Å². The van der Waals surface area contributed by atoms with Crippen LogP contribution < -0.4 is 5.73 Å². The molecule has 2 N–H and O–H groups in total. The molecule has 1 aromatic rings. The molecule has 0 bridgehead atoms. The highest BCUT2D eigenvalue weighted by Gasteiger charge is 2.33. The van der Waals surface area contributed by atoms with Gasteiger partial charge in [-0.25, -0.2) is 8.42 Å². The fourth-order valence-electron chi connectivity index (χ4n) is 3.78. The smallest absolute Gasteiger partial charge is 0.254 e. The van der Waals surface area contributed by atoms with E-state index in [-0.39, 0.29) is 41.5 Å². The van der Waals surface area contributed by atoms with E-state index in [0.29, 0.717) is 31.7 Å². The predicted molar refractivity (Wildman–Crippen MR) is 106 cm³/mol. The van der Waals surface area contributed by atoms with Gasteiger partial charge in [-0.05, 0) is 44.9 Å². The van der Waals surface area contributed by atoms with Gasteiger partial charge in [0.05, 0.1) is 17.1 Å². The molecule has 0 spiro atoms. The second-order valence-electron chi connectivity index (χ2n) is 7.14. The number of ether oxygens (including phenoxy) is 1. The zero-order valence-electron chi connectivity index (χ0n) is 15.7. The molecule has 2 heterocycles. The van der Waals surface area contributed by atoms with Gasteiger partial charge in [0.15, 0.2) is 0 Å². The third-order valence-corrected chi connectivity index (χ3v) is 6.84. The first-order chi connectivity index (χ1) is 12.3. The van der Waals surface area contributed by atoms with Crippen LogP contribution in [0.2, 0.25) is 0 Å². The zero-order chi connectivity index (χ0) is 18.9. The summed E-state index contributed by atoms with van der Waals surface area (Å²) in [6.07, 6.45) is 1.50. The predicted octanol–water partition coefficient (Wildman–Crippen LogP) is 1.47. The van der Waals surface area contributed by atoms with Crippen LogP contribution in [-0.4, -0.2) is 68.0 Å². The number of carbonyl (C=O) groups excluding carboxylic acids is 1. The number of carbonyl (C=O) groups is 1. The van der Waals surface area contributed by atoms with Crippen LogP contribution in [0.15, 0.2) is 29.2 Å². The third kappa shape index (κ3) is 4.63. The topological polar surface area (TPSA) is 92.9 Å². The molecule has 27 heavy (non-hydrogen) atoms. The first-order valence-corrected chi connectivity index (χ1v) is 10.5. The molecule has 2 aliphatic rings. The Morgan fingerprint density at radius 2 is 1.93 bits per heavy atom. The molecule has 3 rings (SSSR count). The molecule has 0 radical (unpaired) electrons. The number of sulfonamides is 1. The number of amides is 1. The summed E-state index contributed by atoms with van der Waals surface area (Å²) < 4.78 is 33.1. The SMILES string of the molecule is CC1CN(S(=O)(=O)c2cccc(C(=O)N3CCCC3CN)c2)CC(C)O1.Cl. The van der Waals surface area contributed by atoms with Crippen LogP contribution in [0.4, 0.5) is 0 Å². The summed E-state index contributed by atoms with van der Waals surface area (Å²) >= 11 is 0. The van der Waals surface area contributed by atoms with E-state index in [9.17, 15) is 13.2 Å². The van der Waals surface area contributed by atoms with Crippen molar-refractivity contribution in [3.05, 3.63) is 29.8 Å². The van der Waals surface area contributed by atoms with E-state index in [4.69, 9.17) is 10.5 Å². The molecule has 9 heteroatoms. The van der Waals surface area contributed by atoms with E-state index < -0.39 is 10.0 Å². The van der Waals surface area contributed by atoms with Crippen molar-refractivity contribution in [1.29, 1.82) is 0 Å². The van der Waals surface area contributed by atoms with Crippen molar-refractivity contribution >= 4 is 28.3 Å². The van der Waals surface area contributed by atoms with Crippen molar-refractivity contribution in [3.8, 4) is 0 Å². The van der Waals surface area contributed by atoms with Gasteiger partial charge in [-0.2, -0.15) is 4.31 Å². The summed E-state index contributed by atoms with van der Waals surface area (Å²) in [6.45, 7) is 5.43. The third-order valence-electron chi connectivity index (χ3n) is 5.01. The van der Waals surface area contributed by atoms with Crippen LogP contribution in [0.25, 0.3) is 0 Å². The molecule has 2 fully saturated rings. The minimum Gasteiger partial charge on any atom is -0.373 e. The second-order valence-corrected chi connectivity index (χ2v) is 9.08. The Bertz CT molecular complexity index is 764. The molecule has 1 amide bonds. The Hall–Kier alpha value is -1.19. The maximum atomic E-state index is 13.0. The molecule has 7 nitrogen and oxygen atoms in total. The minimum atomic E-state index is -3.67.